The number of hydrogen-bond donors (Lipinski definition) is 2. The van der Waals surface area contributed by atoms with E-state index in [1.807, 2.05) is 30.3 Å². The van der Waals surface area contributed by atoms with Gasteiger partial charge in [0.1, 0.15) is 11.8 Å². The second-order valence-corrected chi connectivity index (χ2v) is 6.03. The van der Waals surface area contributed by atoms with Gasteiger partial charge in [0.05, 0.1) is 0 Å². The van der Waals surface area contributed by atoms with Crippen molar-refractivity contribution in [2.24, 2.45) is 0 Å². The Hall–Kier alpha value is -2.14. The number of likely N-dealkylation sites (tertiary alicyclic amines) is 1. The van der Waals surface area contributed by atoms with Gasteiger partial charge in [0.2, 0.25) is 5.91 Å². The van der Waals surface area contributed by atoms with Gasteiger partial charge in [0.25, 0.3) is 5.91 Å². The first-order chi connectivity index (χ1) is 10.9. The van der Waals surface area contributed by atoms with Crippen molar-refractivity contribution in [3.05, 3.63) is 42.0 Å². The maximum Gasteiger partial charge on any atom is 0.253 e. The smallest absolute Gasteiger partial charge is 0.253 e. The van der Waals surface area contributed by atoms with Crippen LogP contribution in [-0.2, 0) is 9.59 Å². The maximum absolute atomic E-state index is 12.4. The van der Waals surface area contributed by atoms with Crippen molar-refractivity contribution in [3.63, 3.8) is 0 Å². The highest BCUT2D eigenvalue weighted by Gasteiger charge is 2.34. The summed E-state index contributed by atoms with van der Waals surface area (Å²) in [7, 11) is 0. The Morgan fingerprint density at radius 1 is 1.39 bits per heavy atom. The molecule has 5 heteroatoms. The number of aliphatic hydroxyl groups is 1. The normalized spacial score (nSPS) is 20.5. The van der Waals surface area contributed by atoms with E-state index < -0.39 is 11.5 Å². The summed E-state index contributed by atoms with van der Waals surface area (Å²) in [5.41, 5.74) is -0.452. The van der Waals surface area contributed by atoms with Crippen LogP contribution in [0.4, 0.5) is 0 Å². The molecule has 2 N–H and O–H groups in total. The van der Waals surface area contributed by atoms with Crippen LogP contribution in [0.5, 0.6) is 0 Å². The molecule has 0 aromatic heterocycles. The first kappa shape index (κ1) is 17.2. The molecule has 1 heterocycles. The van der Waals surface area contributed by atoms with Crippen molar-refractivity contribution >= 4 is 17.9 Å². The highest BCUT2D eigenvalue weighted by Crippen LogP contribution is 2.18. The van der Waals surface area contributed by atoms with Gasteiger partial charge in [-0.2, -0.15) is 0 Å². The van der Waals surface area contributed by atoms with Gasteiger partial charge in [-0.05, 0) is 37.8 Å². The number of carbonyl (C=O) groups is 2. The molecule has 0 saturated carbocycles. The fourth-order valence-corrected chi connectivity index (χ4v) is 2.48. The zero-order valence-corrected chi connectivity index (χ0v) is 13.7. The molecule has 1 aliphatic heterocycles. The largest absolute Gasteiger partial charge is 0.380 e. The molecule has 0 bridgehead atoms. The summed E-state index contributed by atoms with van der Waals surface area (Å²) >= 11 is 0. The van der Waals surface area contributed by atoms with Gasteiger partial charge in [-0.15, -0.1) is 0 Å². The summed E-state index contributed by atoms with van der Waals surface area (Å²) in [6, 6.07) is 9.59. The minimum atomic E-state index is -1.41. The average Bonchev–Trinajstić information content (AvgIpc) is 3.01. The molecule has 23 heavy (non-hydrogen) atoms. The van der Waals surface area contributed by atoms with Crippen LogP contribution in [-0.4, -0.2) is 40.1 Å². The Morgan fingerprint density at radius 3 is 2.74 bits per heavy atom. The predicted molar refractivity (Wildman–Crippen MR) is 89.3 cm³/mol. The number of hydrogen-bond acceptors (Lipinski definition) is 3. The summed E-state index contributed by atoms with van der Waals surface area (Å²) < 4.78 is 0. The van der Waals surface area contributed by atoms with Crippen molar-refractivity contribution in [3.8, 4) is 0 Å². The lowest BCUT2D eigenvalue weighted by Gasteiger charge is -2.28. The van der Waals surface area contributed by atoms with E-state index in [2.05, 4.69) is 5.32 Å². The molecular formula is C18H24N2O3. The number of benzene rings is 1. The lowest BCUT2D eigenvalue weighted by Crippen LogP contribution is -2.53. The minimum Gasteiger partial charge on any atom is -0.380 e. The second kappa shape index (κ2) is 7.42. The molecule has 5 nitrogen and oxygen atoms in total. The zero-order chi connectivity index (χ0) is 16.9. The first-order valence-electron chi connectivity index (χ1n) is 8.01. The SMILES string of the molecule is CC[C@@](C)(O)C(=O)N[C@H]1CCCN1C(=O)C=Cc1ccccc1. The molecule has 0 spiro atoms. The van der Waals surface area contributed by atoms with Crippen LogP contribution in [0.2, 0.25) is 0 Å². The summed E-state index contributed by atoms with van der Waals surface area (Å²) in [5, 5.41) is 12.8. The molecule has 2 amide bonds. The van der Waals surface area contributed by atoms with E-state index >= 15 is 0 Å². The van der Waals surface area contributed by atoms with E-state index in [1.165, 1.54) is 13.0 Å². The van der Waals surface area contributed by atoms with Crippen LogP contribution >= 0.6 is 0 Å². The molecule has 0 unspecified atom stereocenters. The van der Waals surface area contributed by atoms with E-state index in [-0.39, 0.29) is 12.1 Å². The molecule has 0 aliphatic carbocycles. The van der Waals surface area contributed by atoms with Gasteiger partial charge in [-0.1, -0.05) is 37.3 Å². The monoisotopic (exact) mass is 316 g/mol. The number of rotatable bonds is 5. The molecule has 1 aliphatic rings. The molecule has 1 fully saturated rings. The summed E-state index contributed by atoms with van der Waals surface area (Å²) in [5.74, 6) is -0.565. The molecule has 0 radical (unpaired) electrons. The van der Waals surface area contributed by atoms with E-state index in [0.717, 1.165) is 12.0 Å². The van der Waals surface area contributed by atoms with Crippen molar-refractivity contribution in [2.75, 3.05) is 6.54 Å². The highest BCUT2D eigenvalue weighted by molar-refractivity contribution is 5.92. The zero-order valence-electron chi connectivity index (χ0n) is 13.7. The van der Waals surface area contributed by atoms with Crippen LogP contribution < -0.4 is 5.32 Å². The predicted octanol–water partition coefficient (Wildman–Crippen LogP) is 1.93. The topological polar surface area (TPSA) is 69.6 Å². The Kier molecular flexibility index (Phi) is 5.55. The van der Waals surface area contributed by atoms with Gasteiger partial charge in [0.15, 0.2) is 0 Å². The van der Waals surface area contributed by atoms with Crippen molar-refractivity contribution in [1.82, 2.24) is 10.2 Å². The van der Waals surface area contributed by atoms with Gasteiger partial charge in [-0.3, -0.25) is 9.59 Å². The quantitative estimate of drug-likeness (QED) is 0.816. The molecular weight excluding hydrogens is 292 g/mol. The number of carbonyl (C=O) groups excluding carboxylic acids is 2. The molecule has 1 aromatic carbocycles. The third kappa shape index (κ3) is 4.42. The van der Waals surface area contributed by atoms with E-state index in [9.17, 15) is 14.7 Å². The molecule has 2 atom stereocenters. The van der Waals surface area contributed by atoms with Crippen molar-refractivity contribution in [1.29, 1.82) is 0 Å². The lowest BCUT2D eigenvalue weighted by atomic mass is 10.0. The van der Waals surface area contributed by atoms with Gasteiger partial charge < -0.3 is 15.3 Å². The number of nitrogens with one attached hydrogen (secondary N) is 1. The van der Waals surface area contributed by atoms with Crippen molar-refractivity contribution in [2.45, 2.75) is 44.9 Å². The molecule has 2 rings (SSSR count). The minimum absolute atomic E-state index is 0.132. The summed E-state index contributed by atoms with van der Waals surface area (Å²) in [4.78, 5) is 26.1. The third-order valence-electron chi connectivity index (χ3n) is 4.23. The van der Waals surface area contributed by atoms with Crippen LogP contribution in [0.1, 0.15) is 38.7 Å². The molecule has 1 saturated heterocycles. The Balaban J connectivity index is 1.99. The van der Waals surface area contributed by atoms with E-state index in [1.54, 1.807) is 17.9 Å². The average molecular weight is 316 g/mol. The highest BCUT2D eigenvalue weighted by atomic mass is 16.3. The standard InChI is InChI=1S/C18H24N2O3/c1-3-18(2,23)17(22)19-15-10-7-13-20(15)16(21)12-11-14-8-5-4-6-9-14/h4-6,8-9,11-12,15,23H,3,7,10,13H2,1-2H3,(H,19,22)/t15-,18-/m1/s1. The fourth-order valence-electron chi connectivity index (χ4n) is 2.48. The molecule has 1 aromatic rings. The Bertz CT molecular complexity index is 581. The summed E-state index contributed by atoms with van der Waals surface area (Å²) in [6.07, 6.45) is 4.81. The third-order valence-corrected chi connectivity index (χ3v) is 4.23. The van der Waals surface area contributed by atoms with Crippen LogP contribution in [0.15, 0.2) is 36.4 Å². The van der Waals surface area contributed by atoms with Gasteiger partial charge >= 0.3 is 0 Å². The number of amides is 2. The first-order valence-corrected chi connectivity index (χ1v) is 8.01. The van der Waals surface area contributed by atoms with Crippen molar-refractivity contribution < 1.29 is 14.7 Å². The van der Waals surface area contributed by atoms with E-state index in [4.69, 9.17) is 0 Å². The Morgan fingerprint density at radius 2 is 2.09 bits per heavy atom. The van der Waals surface area contributed by atoms with Gasteiger partial charge in [-0.25, -0.2) is 0 Å². The number of nitrogens with zero attached hydrogens (tertiary/aromatic N) is 1. The van der Waals surface area contributed by atoms with E-state index in [0.29, 0.717) is 19.4 Å². The lowest BCUT2D eigenvalue weighted by molar-refractivity contribution is -0.141. The van der Waals surface area contributed by atoms with Crippen LogP contribution in [0.25, 0.3) is 6.08 Å². The van der Waals surface area contributed by atoms with Crippen LogP contribution in [0.3, 0.4) is 0 Å². The second-order valence-electron chi connectivity index (χ2n) is 6.03. The fraction of sp³-hybridized carbons (Fsp3) is 0.444. The maximum atomic E-state index is 12.4. The summed E-state index contributed by atoms with van der Waals surface area (Å²) in [6.45, 7) is 3.84. The van der Waals surface area contributed by atoms with Crippen LogP contribution in [0, 0.1) is 0 Å². The Labute approximate surface area is 137 Å². The van der Waals surface area contributed by atoms with Gasteiger partial charge in [0, 0.05) is 12.6 Å². The molecule has 124 valence electrons.